The van der Waals surface area contributed by atoms with Crippen LogP contribution in [0.25, 0.3) is 0 Å². The summed E-state index contributed by atoms with van der Waals surface area (Å²) in [5.74, 6) is 0.646. The second-order valence-corrected chi connectivity index (χ2v) is 6.45. The molecule has 2 atom stereocenters. The van der Waals surface area contributed by atoms with Gasteiger partial charge in [-0.2, -0.15) is 0 Å². The van der Waals surface area contributed by atoms with Crippen molar-refractivity contribution in [2.75, 3.05) is 12.4 Å². The molecule has 0 bridgehead atoms. The normalized spacial score (nSPS) is 16.1. The Morgan fingerprint density at radius 1 is 1.58 bits per heavy atom. The fourth-order valence-corrected chi connectivity index (χ4v) is 3.67. The number of nitrogens with zero attached hydrogens (tertiary/aromatic N) is 1. The van der Waals surface area contributed by atoms with Crippen LogP contribution in [0.3, 0.4) is 0 Å². The molecule has 1 aromatic heterocycles. The Morgan fingerprint density at radius 3 is 2.74 bits per heavy atom. The number of thiazole rings is 1. The number of ether oxygens (including phenoxy) is 1. The van der Waals surface area contributed by atoms with Gasteiger partial charge in [0.25, 0.3) is 0 Å². The van der Waals surface area contributed by atoms with E-state index in [0.29, 0.717) is 16.1 Å². The second kappa shape index (κ2) is 7.50. The molecule has 108 valence electrons. The Hall–Kier alpha value is -0.260. The van der Waals surface area contributed by atoms with E-state index in [1.54, 1.807) is 13.3 Å². The van der Waals surface area contributed by atoms with Gasteiger partial charge in [0.15, 0.2) is 5.78 Å². The monoisotopic (exact) mass is 347 g/mol. The second-order valence-electron chi connectivity index (χ2n) is 4.86. The van der Waals surface area contributed by atoms with Gasteiger partial charge in [0.05, 0.1) is 10.2 Å². The van der Waals surface area contributed by atoms with Gasteiger partial charge in [-0.25, -0.2) is 4.98 Å². The van der Waals surface area contributed by atoms with Crippen LogP contribution >= 0.6 is 27.3 Å². The third-order valence-electron chi connectivity index (χ3n) is 3.63. The van der Waals surface area contributed by atoms with Gasteiger partial charge in [0, 0.05) is 13.3 Å². The van der Waals surface area contributed by atoms with Gasteiger partial charge in [-0.05, 0) is 18.8 Å². The molecule has 0 spiro atoms. The lowest BCUT2D eigenvalue weighted by Crippen LogP contribution is -2.29. The Kier molecular flexibility index (Phi) is 6.63. The highest BCUT2D eigenvalue weighted by Crippen LogP contribution is 2.38. The molecule has 0 saturated carbocycles. The first-order valence-corrected chi connectivity index (χ1v) is 8.57. The Morgan fingerprint density at radius 2 is 2.26 bits per heavy atom. The van der Waals surface area contributed by atoms with Crippen molar-refractivity contribution in [2.24, 2.45) is 5.92 Å². The van der Waals surface area contributed by atoms with Gasteiger partial charge < -0.3 is 4.74 Å². The van der Waals surface area contributed by atoms with Crippen LogP contribution in [0.5, 0.6) is 0 Å². The van der Waals surface area contributed by atoms with Gasteiger partial charge >= 0.3 is 0 Å². The number of halogens is 1. The SMILES string of the molecule is CCC(C)CC(CC)(OC)c1ncc(C(=O)CBr)s1. The van der Waals surface area contributed by atoms with Crippen LogP contribution in [-0.2, 0) is 10.3 Å². The summed E-state index contributed by atoms with van der Waals surface area (Å²) in [6.45, 7) is 6.52. The van der Waals surface area contributed by atoms with Crippen LogP contribution in [0.4, 0.5) is 0 Å². The fourth-order valence-electron chi connectivity index (χ4n) is 2.08. The number of methoxy groups -OCH3 is 1. The largest absolute Gasteiger partial charge is 0.371 e. The molecule has 5 heteroatoms. The molecule has 1 rings (SSSR count). The summed E-state index contributed by atoms with van der Waals surface area (Å²) in [5, 5.41) is 1.26. The standard InChI is InChI=1S/C14H22BrNO2S/c1-5-10(3)7-14(6-2,18-4)13-16-9-12(19-13)11(17)8-15/h9-10H,5-8H2,1-4H3. The molecule has 0 N–H and O–H groups in total. The number of ketones is 1. The lowest BCUT2D eigenvalue weighted by molar-refractivity contribution is -0.0370. The number of carbonyl (C=O) groups excluding carboxylic acids is 1. The van der Waals surface area contributed by atoms with Crippen molar-refractivity contribution < 1.29 is 9.53 Å². The quantitative estimate of drug-likeness (QED) is 0.516. The maximum absolute atomic E-state index is 11.7. The van der Waals surface area contributed by atoms with Crippen LogP contribution < -0.4 is 0 Å². The first kappa shape index (κ1) is 16.8. The van der Waals surface area contributed by atoms with Crippen molar-refractivity contribution in [1.29, 1.82) is 0 Å². The summed E-state index contributed by atoms with van der Waals surface area (Å²) in [6, 6.07) is 0. The van der Waals surface area contributed by atoms with Crippen LogP contribution in [0.2, 0.25) is 0 Å². The van der Waals surface area contributed by atoms with E-state index in [1.165, 1.54) is 11.3 Å². The van der Waals surface area contributed by atoms with E-state index in [0.717, 1.165) is 24.3 Å². The highest BCUT2D eigenvalue weighted by molar-refractivity contribution is 9.09. The molecule has 0 aliphatic heterocycles. The molecule has 0 aliphatic carbocycles. The molecule has 19 heavy (non-hydrogen) atoms. The third kappa shape index (κ3) is 3.86. The Bertz CT molecular complexity index is 415. The molecule has 0 saturated heterocycles. The first-order valence-electron chi connectivity index (χ1n) is 6.63. The van der Waals surface area contributed by atoms with E-state index < -0.39 is 0 Å². The number of alkyl halides is 1. The zero-order valence-corrected chi connectivity index (χ0v) is 14.4. The summed E-state index contributed by atoms with van der Waals surface area (Å²) in [5.41, 5.74) is -0.356. The predicted molar refractivity (Wildman–Crippen MR) is 83.3 cm³/mol. The fraction of sp³-hybridized carbons (Fsp3) is 0.714. The van der Waals surface area contributed by atoms with Crippen LogP contribution in [0, 0.1) is 5.92 Å². The molecule has 3 nitrogen and oxygen atoms in total. The number of carbonyl (C=O) groups is 1. The number of Topliss-reactive ketones (excluding diaryl/α,β-unsaturated/α-hetero) is 1. The van der Waals surface area contributed by atoms with E-state index in [9.17, 15) is 4.79 Å². The molecule has 0 amide bonds. The molecule has 0 radical (unpaired) electrons. The van der Waals surface area contributed by atoms with Crippen LogP contribution in [0.1, 0.15) is 54.7 Å². The van der Waals surface area contributed by atoms with Crippen molar-refractivity contribution in [3.8, 4) is 0 Å². The minimum absolute atomic E-state index is 0.0772. The zero-order valence-electron chi connectivity index (χ0n) is 12.0. The summed E-state index contributed by atoms with van der Waals surface area (Å²) in [6.07, 6.45) is 4.59. The molecule has 1 heterocycles. The van der Waals surface area contributed by atoms with Crippen molar-refractivity contribution in [1.82, 2.24) is 4.98 Å². The third-order valence-corrected chi connectivity index (χ3v) is 5.36. The van der Waals surface area contributed by atoms with Crippen molar-refractivity contribution in [3.63, 3.8) is 0 Å². The molecular weight excluding hydrogens is 326 g/mol. The topological polar surface area (TPSA) is 39.2 Å². The maximum atomic E-state index is 11.7. The van der Waals surface area contributed by atoms with E-state index >= 15 is 0 Å². The van der Waals surface area contributed by atoms with Gasteiger partial charge in [0.1, 0.15) is 10.6 Å². The van der Waals surface area contributed by atoms with Crippen LogP contribution in [0.15, 0.2) is 6.20 Å². The van der Waals surface area contributed by atoms with E-state index in [2.05, 4.69) is 41.7 Å². The molecule has 0 aromatic carbocycles. The highest BCUT2D eigenvalue weighted by atomic mass is 79.9. The van der Waals surface area contributed by atoms with Gasteiger partial charge in [-0.15, -0.1) is 11.3 Å². The summed E-state index contributed by atoms with van der Waals surface area (Å²) < 4.78 is 5.80. The molecule has 2 unspecified atom stereocenters. The van der Waals surface area contributed by atoms with Gasteiger partial charge in [-0.1, -0.05) is 43.1 Å². The number of hydrogen-bond donors (Lipinski definition) is 0. The lowest BCUT2D eigenvalue weighted by Gasteiger charge is -2.31. The van der Waals surface area contributed by atoms with Crippen molar-refractivity contribution >= 4 is 33.0 Å². The average Bonchev–Trinajstić information content (AvgIpc) is 2.93. The minimum atomic E-state index is -0.356. The zero-order chi connectivity index (χ0) is 14.5. The van der Waals surface area contributed by atoms with E-state index in [1.807, 2.05) is 0 Å². The van der Waals surface area contributed by atoms with Crippen molar-refractivity contribution in [2.45, 2.75) is 45.6 Å². The lowest BCUT2D eigenvalue weighted by atomic mass is 9.88. The smallest absolute Gasteiger partial charge is 0.184 e. The van der Waals surface area contributed by atoms with E-state index in [-0.39, 0.29) is 11.4 Å². The van der Waals surface area contributed by atoms with Crippen molar-refractivity contribution in [3.05, 3.63) is 16.1 Å². The maximum Gasteiger partial charge on any atom is 0.184 e. The average molecular weight is 348 g/mol. The number of aromatic nitrogens is 1. The summed E-state index contributed by atoms with van der Waals surface area (Å²) in [7, 11) is 1.74. The summed E-state index contributed by atoms with van der Waals surface area (Å²) in [4.78, 5) is 16.8. The van der Waals surface area contributed by atoms with Crippen LogP contribution in [-0.4, -0.2) is 23.2 Å². The van der Waals surface area contributed by atoms with Gasteiger partial charge in [-0.3, -0.25) is 4.79 Å². The Labute approximate surface area is 127 Å². The number of rotatable bonds is 8. The van der Waals surface area contributed by atoms with Gasteiger partial charge in [0.2, 0.25) is 0 Å². The Balaban J connectivity index is 3.04. The van der Waals surface area contributed by atoms with E-state index in [4.69, 9.17) is 4.74 Å². The molecule has 0 fully saturated rings. The summed E-state index contributed by atoms with van der Waals surface area (Å²) >= 11 is 4.65. The highest BCUT2D eigenvalue weighted by Gasteiger charge is 2.35. The first-order chi connectivity index (χ1) is 9.02. The number of hydrogen-bond acceptors (Lipinski definition) is 4. The molecular formula is C14H22BrNO2S. The molecule has 0 aliphatic rings. The molecule has 1 aromatic rings. The minimum Gasteiger partial charge on any atom is -0.371 e. The predicted octanol–water partition coefficient (Wildman–Crippen LogP) is 4.41.